The van der Waals surface area contributed by atoms with Gasteiger partial charge in [0, 0.05) is 24.0 Å². The molecule has 5 heteroatoms. The van der Waals surface area contributed by atoms with E-state index in [9.17, 15) is 0 Å². The number of aromatic amines is 1. The fourth-order valence-electron chi connectivity index (χ4n) is 1.42. The molecule has 84 valence electrons. The molecule has 0 aliphatic heterocycles. The average molecular weight is 254 g/mol. The van der Waals surface area contributed by atoms with Gasteiger partial charge in [0.25, 0.3) is 0 Å². The van der Waals surface area contributed by atoms with Crippen molar-refractivity contribution >= 4 is 23.4 Å². The number of H-pyrrole nitrogens is 1. The van der Waals surface area contributed by atoms with Gasteiger partial charge >= 0.3 is 0 Å². The van der Waals surface area contributed by atoms with E-state index in [-0.39, 0.29) is 5.25 Å². The Hall–Kier alpha value is -0.970. The second kappa shape index (κ2) is 5.39. The van der Waals surface area contributed by atoms with Crippen LogP contribution in [0.3, 0.4) is 0 Å². The highest BCUT2D eigenvalue weighted by molar-refractivity contribution is 7.99. The highest BCUT2D eigenvalue weighted by Gasteiger charge is 2.15. The molecule has 0 fully saturated rings. The Morgan fingerprint density at radius 2 is 2.25 bits per heavy atom. The van der Waals surface area contributed by atoms with E-state index in [1.54, 1.807) is 24.2 Å². The van der Waals surface area contributed by atoms with Crippen molar-refractivity contribution < 1.29 is 0 Å². The summed E-state index contributed by atoms with van der Waals surface area (Å²) in [6.07, 6.45) is 3.52. The van der Waals surface area contributed by atoms with Crippen molar-refractivity contribution in [3.05, 3.63) is 47.2 Å². The first kappa shape index (κ1) is 11.5. The number of benzene rings is 1. The van der Waals surface area contributed by atoms with Gasteiger partial charge < -0.3 is 10.7 Å². The van der Waals surface area contributed by atoms with Crippen molar-refractivity contribution in [3.8, 4) is 0 Å². The molecule has 1 atom stereocenters. The van der Waals surface area contributed by atoms with Crippen molar-refractivity contribution in [3.63, 3.8) is 0 Å². The predicted octanol–water partition coefficient (Wildman–Crippen LogP) is 2.86. The standard InChI is InChI=1S/C11H12ClN3S/c12-9-4-2-1-3-8(9)10(7-13)16-11-14-5-6-15-11/h1-6,10H,7,13H2,(H,14,15). The maximum Gasteiger partial charge on any atom is 0.165 e. The third kappa shape index (κ3) is 2.58. The smallest absolute Gasteiger partial charge is 0.165 e. The van der Waals surface area contributed by atoms with E-state index in [1.807, 2.05) is 24.3 Å². The molecule has 1 aromatic carbocycles. The van der Waals surface area contributed by atoms with Crippen molar-refractivity contribution in [1.29, 1.82) is 0 Å². The molecular weight excluding hydrogens is 242 g/mol. The van der Waals surface area contributed by atoms with E-state index < -0.39 is 0 Å². The van der Waals surface area contributed by atoms with E-state index in [1.165, 1.54) is 0 Å². The second-order valence-corrected chi connectivity index (χ2v) is 4.86. The third-order valence-corrected chi connectivity index (χ3v) is 3.71. The number of hydrogen-bond acceptors (Lipinski definition) is 3. The molecule has 2 rings (SSSR count). The Balaban J connectivity index is 2.20. The van der Waals surface area contributed by atoms with Crippen LogP contribution in [0, 0.1) is 0 Å². The Labute approximate surface area is 103 Å². The molecule has 1 unspecified atom stereocenters. The molecule has 16 heavy (non-hydrogen) atoms. The Morgan fingerprint density at radius 1 is 1.44 bits per heavy atom. The predicted molar refractivity (Wildman–Crippen MR) is 67.7 cm³/mol. The maximum atomic E-state index is 6.14. The normalized spacial score (nSPS) is 12.6. The van der Waals surface area contributed by atoms with Crippen molar-refractivity contribution in [2.75, 3.05) is 6.54 Å². The van der Waals surface area contributed by atoms with E-state index in [0.29, 0.717) is 6.54 Å². The highest BCUT2D eigenvalue weighted by Crippen LogP contribution is 2.35. The summed E-state index contributed by atoms with van der Waals surface area (Å²) in [6.45, 7) is 0.523. The van der Waals surface area contributed by atoms with Gasteiger partial charge in [0.15, 0.2) is 5.16 Å². The number of imidazole rings is 1. The molecule has 0 amide bonds. The topological polar surface area (TPSA) is 54.7 Å². The zero-order valence-electron chi connectivity index (χ0n) is 8.56. The van der Waals surface area contributed by atoms with Crippen LogP contribution in [-0.2, 0) is 0 Å². The van der Waals surface area contributed by atoms with Crippen LogP contribution in [0.5, 0.6) is 0 Å². The molecule has 3 N–H and O–H groups in total. The lowest BCUT2D eigenvalue weighted by Crippen LogP contribution is -2.10. The van der Waals surface area contributed by atoms with Crippen molar-refractivity contribution in [2.45, 2.75) is 10.4 Å². The Kier molecular flexibility index (Phi) is 3.88. The lowest BCUT2D eigenvalue weighted by Gasteiger charge is -2.14. The number of nitrogens with zero attached hydrogens (tertiary/aromatic N) is 1. The zero-order chi connectivity index (χ0) is 11.4. The number of halogens is 1. The first-order valence-corrected chi connectivity index (χ1v) is 6.17. The van der Waals surface area contributed by atoms with Gasteiger partial charge in [-0.25, -0.2) is 4.98 Å². The van der Waals surface area contributed by atoms with Crippen LogP contribution in [0.25, 0.3) is 0 Å². The molecule has 1 heterocycles. The third-order valence-electron chi connectivity index (χ3n) is 2.19. The number of hydrogen-bond donors (Lipinski definition) is 2. The molecule has 0 aliphatic rings. The molecular formula is C11H12ClN3S. The molecule has 3 nitrogen and oxygen atoms in total. The summed E-state index contributed by atoms with van der Waals surface area (Å²) in [5, 5.41) is 1.73. The van der Waals surface area contributed by atoms with Gasteiger partial charge in [-0.2, -0.15) is 0 Å². The molecule has 0 radical (unpaired) electrons. The first-order valence-electron chi connectivity index (χ1n) is 4.92. The first-order chi connectivity index (χ1) is 7.81. The summed E-state index contributed by atoms with van der Waals surface area (Å²) in [4.78, 5) is 7.21. The quantitative estimate of drug-likeness (QED) is 0.824. The largest absolute Gasteiger partial charge is 0.340 e. The molecule has 0 spiro atoms. The molecule has 2 aromatic rings. The summed E-state index contributed by atoms with van der Waals surface area (Å²) in [5.41, 5.74) is 6.82. The average Bonchev–Trinajstić information content (AvgIpc) is 2.80. The highest BCUT2D eigenvalue weighted by atomic mass is 35.5. The number of nitrogens with two attached hydrogens (primary N) is 1. The van der Waals surface area contributed by atoms with Gasteiger partial charge in [0.2, 0.25) is 0 Å². The van der Waals surface area contributed by atoms with Gasteiger partial charge in [-0.05, 0) is 11.6 Å². The minimum Gasteiger partial charge on any atom is -0.340 e. The Bertz CT molecular complexity index is 444. The molecule has 0 saturated carbocycles. The van der Waals surface area contributed by atoms with Crippen LogP contribution in [0.1, 0.15) is 10.8 Å². The lowest BCUT2D eigenvalue weighted by atomic mass is 10.1. The molecule has 0 saturated heterocycles. The number of aromatic nitrogens is 2. The summed E-state index contributed by atoms with van der Waals surface area (Å²) in [6, 6.07) is 7.75. The maximum absolute atomic E-state index is 6.14. The van der Waals surface area contributed by atoms with Gasteiger partial charge in [0.05, 0.1) is 5.25 Å². The van der Waals surface area contributed by atoms with Gasteiger partial charge in [-0.3, -0.25) is 0 Å². The van der Waals surface area contributed by atoms with Gasteiger partial charge in [-0.1, -0.05) is 41.6 Å². The van der Waals surface area contributed by atoms with Crippen LogP contribution in [0.4, 0.5) is 0 Å². The molecule has 0 aliphatic carbocycles. The van der Waals surface area contributed by atoms with Crippen molar-refractivity contribution in [1.82, 2.24) is 9.97 Å². The van der Waals surface area contributed by atoms with E-state index >= 15 is 0 Å². The number of thioether (sulfide) groups is 1. The minimum atomic E-state index is 0.125. The van der Waals surface area contributed by atoms with Gasteiger partial charge in [0.1, 0.15) is 0 Å². The van der Waals surface area contributed by atoms with Crippen LogP contribution in [0.2, 0.25) is 5.02 Å². The summed E-state index contributed by atoms with van der Waals surface area (Å²) >= 11 is 7.72. The summed E-state index contributed by atoms with van der Waals surface area (Å²) < 4.78 is 0. The van der Waals surface area contributed by atoms with Crippen molar-refractivity contribution in [2.24, 2.45) is 5.73 Å². The van der Waals surface area contributed by atoms with E-state index in [4.69, 9.17) is 17.3 Å². The lowest BCUT2D eigenvalue weighted by molar-refractivity contribution is 0.927. The number of nitrogens with one attached hydrogen (secondary N) is 1. The summed E-state index contributed by atoms with van der Waals surface area (Å²) in [7, 11) is 0. The van der Waals surface area contributed by atoms with Crippen LogP contribution >= 0.6 is 23.4 Å². The molecule has 0 bridgehead atoms. The van der Waals surface area contributed by atoms with Crippen LogP contribution in [-0.4, -0.2) is 16.5 Å². The van der Waals surface area contributed by atoms with Crippen LogP contribution in [0.15, 0.2) is 41.8 Å². The summed E-state index contributed by atoms with van der Waals surface area (Å²) in [5.74, 6) is 0. The van der Waals surface area contributed by atoms with Crippen LogP contribution < -0.4 is 5.73 Å². The number of rotatable bonds is 4. The van der Waals surface area contributed by atoms with E-state index in [2.05, 4.69) is 9.97 Å². The SMILES string of the molecule is NCC(Sc1ncc[nH]1)c1ccccc1Cl. The monoisotopic (exact) mass is 253 g/mol. The Morgan fingerprint density at radius 3 is 2.88 bits per heavy atom. The fourth-order valence-corrected chi connectivity index (χ4v) is 2.71. The fraction of sp³-hybridized carbons (Fsp3) is 0.182. The second-order valence-electron chi connectivity index (χ2n) is 3.26. The van der Waals surface area contributed by atoms with E-state index in [0.717, 1.165) is 15.7 Å². The van der Waals surface area contributed by atoms with Gasteiger partial charge in [-0.15, -0.1) is 0 Å². The zero-order valence-corrected chi connectivity index (χ0v) is 10.1. The molecule has 1 aromatic heterocycles. The minimum absolute atomic E-state index is 0.125.